The molecule has 1 amide bonds. The standard InChI is InChI=1S/C13H15ClN2O3/c14-9-4-1-2-5-10(9)16-11(17)8-15-13(12(18)19)6-3-7-13/h1-2,4-5,15H,3,6-8H2,(H,16,17)(H,18,19). The van der Waals surface area contributed by atoms with Gasteiger partial charge in [0.05, 0.1) is 17.3 Å². The maximum absolute atomic E-state index is 11.7. The van der Waals surface area contributed by atoms with E-state index in [4.69, 9.17) is 16.7 Å². The molecule has 0 saturated heterocycles. The smallest absolute Gasteiger partial charge is 0.323 e. The van der Waals surface area contributed by atoms with Crippen molar-refractivity contribution < 1.29 is 14.7 Å². The molecule has 0 unspecified atom stereocenters. The quantitative estimate of drug-likeness (QED) is 0.770. The number of para-hydroxylation sites is 1. The Kier molecular flexibility index (Phi) is 4.07. The Labute approximate surface area is 116 Å². The molecule has 6 heteroatoms. The van der Waals surface area contributed by atoms with Crippen LogP contribution in [0.4, 0.5) is 5.69 Å². The summed E-state index contributed by atoms with van der Waals surface area (Å²) in [6.07, 6.45) is 1.98. The van der Waals surface area contributed by atoms with Gasteiger partial charge in [0, 0.05) is 0 Å². The lowest BCUT2D eigenvalue weighted by molar-refractivity contribution is -0.148. The fraction of sp³-hybridized carbons (Fsp3) is 0.385. The number of amides is 1. The van der Waals surface area contributed by atoms with Gasteiger partial charge in [0.25, 0.3) is 0 Å². The summed E-state index contributed by atoms with van der Waals surface area (Å²) in [6.45, 7) is -0.0441. The van der Waals surface area contributed by atoms with Crippen molar-refractivity contribution in [2.24, 2.45) is 0 Å². The third kappa shape index (κ3) is 3.05. The molecule has 0 aromatic heterocycles. The summed E-state index contributed by atoms with van der Waals surface area (Å²) in [5.74, 6) is -1.20. The minimum absolute atomic E-state index is 0.0441. The highest BCUT2D eigenvalue weighted by molar-refractivity contribution is 6.33. The number of anilines is 1. The van der Waals surface area contributed by atoms with Crippen LogP contribution in [0.5, 0.6) is 0 Å². The first kappa shape index (κ1) is 13.8. The number of carboxylic acid groups (broad SMARTS) is 1. The number of carbonyl (C=O) groups excluding carboxylic acids is 1. The van der Waals surface area contributed by atoms with E-state index < -0.39 is 11.5 Å². The molecule has 0 heterocycles. The SMILES string of the molecule is O=C(CNC1(C(=O)O)CCC1)Nc1ccccc1Cl. The Morgan fingerprint density at radius 1 is 1.32 bits per heavy atom. The predicted octanol–water partition coefficient (Wildman–Crippen LogP) is 1.88. The number of nitrogens with one attached hydrogen (secondary N) is 2. The summed E-state index contributed by atoms with van der Waals surface area (Å²) >= 11 is 5.92. The second kappa shape index (κ2) is 5.59. The molecule has 1 aromatic carbocycles. The first-order valence-corrected chi connectivity index (χ1v) is 6.44. The van der Waals surface area contributed by atoms with Crippen molar-refractivity contribution in [2.45, 2.75) is 24.8 Å². The number of carboxylic acids is 1. The molecule has 1 aliphatic carbocycles. The first-order valence-electron chi connectivity index (χ1n) is 6.06. The Hall–Kier alpha value is -1.59. The van der Waals surface area contributed by atoms with Gasteiger partial charge < -0.3 is 10.4 Å². The highest BCUT2D eigenvalue weighted by atomic mass is 35.5. The molecule has 0 aliphatic heterocycles. The van der Waals surface area contributed by atoms with E-state index in [1.165, 1.54) is 0 Å². The van der Waals surface area contributed by atoms with Gasteiger partial charge in [0.15, 0.2) is 0 Å². The van der Waals surface area contributed by atoms with Crippen LogP contribution in [0.25, 0.3) is 0 Å². The maximum Gasteiger partial charge on any atom is 0.323 e. The normalized spacial score (nSPS) is 16.5. The van der Waals surface area contributed by atoms with Crippen molar-refractivity contribution in [3.05, 3.63) is 29.3 Å². The van der Waals surface area contributed by atoms with Crippen molar-refractivity contribution >= 4 is 29.2 Å². The lowest BCUT2D eigenvalue weighted by Gasteiger charge is -2.38. The van der Waals surface area contributed by atoms with Crippen LogP contribution >= 0.6 is 11.6 Å². The van der Waals surface area contributed by atoms with E-state index in [9.17, 15) is 9.59 Å². The molecule has 0 atom stereocenters. The molecular formula is C13H15ClN2O3. The molecule has 1 saturated carbocycles. The fourth-order valence-electron chi connectivity index (χ4n) is 2.00. The van der Waals surface area contributed by atoms with E-state index in [2.05, 4.69) is 10.6 Å². The van der Waals surface area contributed by atoms with Crippen molar-refractivity contribution in [1.82, 2.24) is 5.32 Å². The van der Waals surface area contributed by atoms with Crippen LogP contribution in [-0.4, -0.2) is 29.1 Å². The number of aliphatic carboxylic acids is 1. The minimum atomic E-state index is -0.933. The van der Waals surface area contributed by atoms with Gasteiger partial charge in [-0.2, -0.15) is 0 Å². The second-order valence-electron chi connectivity index (χ2n) is 4.62. The number of rotatable bonds is 5. The summed E-state index contributed by atoms with van der Waals surface area (Å²) in [5.41, 5.74) is -0.411. The van der Waals surface area contributed by atoms with Crippen LogP contribution < -0.4 is 10.6 Å². The van der Waals surface area contributed by atoms with Gasteiger partial charge in [-0.1, -0.05) is 23.7 Å². The van der Waals surface area contributed by atoms with Gasteiger partial charge in [0.1, 0.15) is 5.54 Å². The third-order valence-corrected chi connectivity index (χ3v) is 3.68. The van der Waals surface area contributed by atoms with E-state index >= 15 is 0 Å². The summed E-state index contributed by atoms with van der Waals surface area (Å²) in [5, 5.41) is 15.0. The zero-order chi connectivity index (χ0) is 13.9. The average Bonchev–Trinajstić information content (AvgIpc) is 2.30. The zero-order valence-corrected chi connectivity index (χ0v) is 11.0. The van der Waals surface area contributed by atoms with Gasteiger partial charge in [-0.25, -0.2) is 0 Å². The largest absolute Gasteiger partial charge is 0.480 e. The molecular weight excluding hydrogens is 268 g/mol. The van der Waals surface area contributed by atoms with Crippen LogP contribution in [-0.2, 0) is 9.59 Å². The molecule has 2 rings (SSSR count). The van der Waals surface area contributed by atoms with E-state index in [-0.39, 0.29) is 12.5 Å². The minimum Gasteiger partial charge on any atom is -0.480 e. The summed E-state index contributed by atoms with van der Waals surface area (Å²) in [4.78, 5) is 22.9. The number of hydrogen-bond donors (Lipinski definition) is 3. The molecule has 0 radical (unpaired) electrons. The van der Waals surface area contributed by atoms with Crippen LogP contribution in [0.1, 0.15) is 19.3 Å². The van der Waals surface area contributed by atoms with Crippen LogP contribution in [0, 0.1) is 0 Å². The number of halogens is 1. The van der Waals surface area contributed by atoms with Gasteiger partial charge >= 0.3 is 5.97 Å². The molecule has 102 valence electrons. The molecule has 19 heavy (non-hydrogen) atoms. The van der Waals surface area contributed by atoms with Crippen LogP contribution in [0.15, 0.2) is 24.3 Å². The maximum atomic E-state index is 11.7. The summed E-state index contributed by atoms with van der Waals surface area (Å²) in [6, 6.07) is 6.90. The topological polar surface area (TPSA) is 78.4 Å². The van der Waals surface area contributed by atoms with Gasteiger partial charge in [-0.15, -0.1) is 0 Å². The summed E-state index contributed by atoms with van der Waals surface area (Å²) < 4.78 is 0. The predicted molar refractivity (Wildman–Crippen MR) is 72.3 cm³/mol. The Bertz CT molecular complexity index is 500. The number of benzene rings is 1. The summed E-state index contributed by atoms with van der Waals surface area (Å²) in [7, 11) is 0. The van der Waals surface area contributed by atoms with Crippen molar-refractivity contribution in [1.29, 1.82) is 0 Å². The molecule has 3 N–H and O–H groups in total. The van der Waals surface area contributed by atoms with E-state index in [0.29, 0.717) is 23.6 Å². The fourth-order valence-corrected chi connectivity index (χ4v) is 2.19. The number of carbonyl (C=O) groups is 2. The molecule has 1 aromatic rings. The second-order valence-corrected chi connectivity index (χ2v) is 5.03. The molecule has 0 spiro atoms. The average molecular weight is 283 g/mol. The first-order chi connectivity index (χ1) is 9.03. The highest BCUT2D eigenvalue weighted by Crippen LogP contribution is 2.31. The van der Waals surface area contributed by atoms with Gasteiger partial charge in [-0.05, 0) is 31.4 Å². The van der Waals surface area contributed by atoms with Crippen LogP contribution in [0.2, 0.25) is 5.02 Å². The Morgan fingerprint density at radius 3 is 2.53 bits per heavy atom. The van der Waals surface area contributed by atoms with E-state index in [1.54, 1.807) is 24.3 Å². The lowest BCUT2D eigenvalue weighted by atomic mass is 9.77. The zero-order valence-electron chi connectivity index (χ0n) is 10.3. The molecule has 5 nitrogen and oxygen atoms in total. The molecule has 0 bridgehead atoms. The van der Waals surface area contributed by atoms with Gasteiger partial charge in [0.2, 0.25) is 5.91 Å². The lowest BCUT2D eigenvalue weighted by Crippen LogP contribution is -2.58. The number of hydrogen-bond acceptors (Lipinski definition) is 3. The van der Waals surface area contributed by atoms with Crippen molar-refractivity contribution in [3.8, 4) is 0 Å². The third-order valence-electron chi connectivity index (χ3n) is 3.35. The Balaban J connectivity index is 1.89. The van der Waals surface area contributed by atoms with Crippen molar-refractivity contribution in [2.75, 3.05) is 11.9 Å². The Morgan fingerprint density at radius 2 is 2.00 bits per heavy atom. The van der Waals surface area contributed by atoms with Gasteiger partial charge in [-0.3, -0.25) is 14.9 Å². The van der Waals surface area contributed by atoms with E-state index in [1.807, 2.05) is 0 Å². The highest BCUT2D eigenvalue weighted by Gasteiger charge is 2.44. The monoisotopic (exact) mass is 282 g/mol. The molecule has 1 aliphatic rings. The van der Waals surface area contributed by atoms with Crippen molar-refractivity contribution in [3.63, 3.8) is 0 Å². The van der Waals surface area contributed by atoms with E-state index in [0.717, 1.165) is 6.42 Å². The molecule has 1 fully saturated rings. The van der Waals surface area contributed by atoms with Crippen LogP contribution in [0.3, 0.4) is 0 Å².